The van der Waals surface area contributed by atoms with Gasteiger partial charge in [-0.15, -0.1) is 11.3 Å². The molecule has 0 saturated carbocycles. The summed E-state index contributed by atoms with van der Waals surface area (Å²) in [6.07, 6.45) is 1.59. The monoisotopic (exact) mass is 285 g/mol. The third kappa shape index (κ3) is 2.60. The zero-order valence-corrected chi connectivity index (χ0v) is 10.9. The Morgan fingerprint density at radius 1 is 1.53 bits per heavy atom. The van der Waals surface area contributed by atoms with Gasteiger partial charge in [0, 0.05) is 37.3 Å². The number of alkyl halides is 2. The number of carbonyl (C=O) groups is 1. The van der Waals surface area contributed by atoms with Crippen LogP contribution in [-0.2, 0) is 11.2 Å². The number of amides is 1. The number of carbonyl (C=O) groups excluding carboxylic acids is 1. The summed E-state index contributed by atoms with van der Waals surface area (Å²) >= 11 is 1.51. The van der Waals surface area contributed by atoms with E-state index in [2.05, 4.69) is 4.98 Å². The molecule has 1 fully saturated rings. The summed E-state index contributed by atoms with van der Waals surface area (Å²) in [7, 11) is 0. The smallest absolute Gasteiger partial charge is 0.239 e. The topological polar surface area (TPSA) is 37.6 Å². The highest BCUT2D eigenvalue weighted by molar-refractivity contribution is 7.15. The lowest BCUT2D eigenvalue weighted by atomic mass is 9.96. The number of likely N-dealkylation sites (tertiary alicyclic amines) is 1. The fourth-order valence-electron chi connectivity index (χ4n) is 2.30. The van der Waals surface area contributed by atoms with E-state index in [4.69, 9.17) is 0 Å². The van der Waals surface area contributed by atoms with Crippen LogP contribution in [0.25, 0.3) is 4.96 Å². The Morgan fingerprint density at radius 2 is 2.32 bits per heavy atom. The van der Waals surface area contributed by atoms with Gasteiger partial charge in [0.05, 0.1) is 12.1 Å². The molecule has 1 aliphatic heterocycles. The van der Waals surface area contributed by atoms with Gasteiger partial charge in [-0.3, -0.25) is 9.20 Å². The van der Waals surface area contributed by atoms with Crippen LogP contribution in [-0.4, -0.2) is 39.7 Å². The van der Waals surface area contributed by atoms with E-state index in [0.29, 0.717) is 13.1 Å². The lowest BCUT2D eigenvalue weighted by Crippen LogP contribution is -2.51. The highest BCUT2D eigenvalue weighted by Crippen LogP contribution is 2.23. The predicted molar refractivity (Wildman–Crippen MR) is 67.5 cm³/mol. The highest BCUT2D eigenvalue weighted by Gasteiger charge is 2.32. The Morgan fingerprint density at radius 3 is 3.00 bits per heavy atom. The van der Waals surface area contributed by atoms with Gasteiger partial charge in [0.2, 0.25) is 12.3 Å². The molecule has 0 aliphatic carbocycles. The van der Waals surface area contributed by atoms with Crippen LogP contribution in [0.2, 0.25) is 0 Å². The van der Waals surface area contributed by atoms with Crippen LogP contribution < -0.4 is 0 Å². The highest BCUT2D eigenvalue weighted by atomic mass is 32.1. The fraction of sp³-hybridized carbons (Fsp3) is 0.500. The molecular formula is C12H13F2N3OS. The van der Waals surface area contributed by atoms with E-state index in [1.54, 1.807) is 4.90 Å². The van der Waals surface area contributed by atoms with Crippen molar-refractivity contribution < 1.29 is 13.6 Å². The fourth-order valence-corrected chi connectivity index (χ4v) is 3.02. The SMILES string of the molecule is O=C(Cc1cn2ccsc2n1)N1CC(CC(F)F)C1. The van der Waals surface area contributed by atoms with E-state index in [1.165, 1.54) is 11.3 Å². The standard InChI is InChI=1S/C12H13F2N3OS/c13-10(14)3-8-5-17(6-8)11(18)4-9-7-16-1-2-19-12(16)15-9/h1-2,7-8,10H,3-6H2. The zero-order chi connectivity index (χ0) is 13.4. The maximum atomic E-state index is 12.1. The van der Waals surface area contributed by atoms with E-state index in [9.17, 15) is 13.6 Å². The minimum Gasteiger partial charge on any atom is -0.342 e. The first-order chi connectivity index (χ1) is 9.11. The van der Waals surface area contributed by atoms with Crippen molar-refractivity contribution in [3.05, 3.63) is 23.5 Å². The van der Waals surface area contributed by atoms with Crippen molar-refractivity contribution in [2.24, 2.45) is 5.92 Å². The van der Waals surface area contributed by atoms with Crippen molar-refractivity contribution >= 4 is 22.2 Å². The normalized spacial score (nSPS) is 16.3. The molecule has 102 valence electrons. The molecule has 1 amide bonds. The number of hydrogen-bond acceptors (Lipinski definition) is 3. The summed E-state index contributed by atoms with van der Waals surface area (Å²) < 4.78 is 26.2. The Bertz CT molecular complexity index is 560. The average molecular weight is 285 g/mol. The van der Waals surface area contributed by atoms with Gasteiger partial charge in [-0.2, -0.15) is 0 Å². The number of aromatic nitrogens is 2. The van der Waals surface area contributed by atoms with E-state index < -0.39 is 6.43 Å². The van der Waals surface area contributed by atoms with Crippen molar-refractivity contribution in [3.63, 3.8) is 0 Å². The lowest BCUT2D eigenvalue weighted by Gasteiger charge is -2.39. The molecule has 19 heavy (non-hydrogen) atoms. The minimum absolute atomic E-state index is 0.0312. The molecule has 1 saturated heterocycles. The molecule has 0 spiro atoms. The second-order valence-electron chi connectivity index (χ2n) is 4.79. The number of thiazole rings is 1. The molecule has 2 aromatic rings. The van der Waals surface area contributed by atoms with Gasteiger partial charge in [0.25, 0.3) is 0 Å². The Labute approximate surface area is 112 Å². The maximum Gasteiger partial charge on any atom is 0.239 e. The molecule has 4 nitrogen and oxygen atoms in total. The van der Waals surface area contributed by atoms with E-state index >= 15 is 0 Å². The van der Waals surface area contributed by atoms with Crippen LogP contribution in [0.15, 0.2) is 17.8 Å². The Hall–Kier alpha value is -1.50. The molecule has 3 heterocycles. The van der Waals surface area contributed by atoms with E-state index in [-0.39, 0.29) is 24.7 Å². The summed E-state index contributed by atoms with van der Waals surface area (Å²) in [6, 6.07) is 0. The number of halogens is 2. The summed E-state index contributed by atoms with van der Waals surface area (Å²) in [5, 5.41) is 1.93. The number of hydrogen-bond donors (Lipinski definition) is 0. The van der Waals surface area contributed by atoms with Gasteiger partial charge >= 0.3 is 0 Å². The second-order valence-corrected chi connectivity index (χ2v) is 5.67. The van der Waals surface area contributed by atoms with Gasteiger partial charge in [-0.1, -0.05) is 0 Å². The lowest BCUT2D eigenvalue weighted by molar-refractivity contribution is -0.137. The largest absolute Gasteiger partial charge is 0.342 e. The van der Waals surface area contributed by atoms with Gasteiger partial charge < -0.3 is 4.90 Å². The summed E-state index contributed by atoms with van der Waals surface area (Å²) in [6.45, 7) is 0.900. The summed E-state index contributed by atoms with van der Waals surface area (Å²) in [5.41, 5.74) is 0.731. The number of imidazole rings is 1. The maximum absolute atomic E-state index is 12.1. The van der Waals surface area contributed by atoms with E-state index in [1.807, 2.05) is 22.2 Å². The molecule has 7 heteroatoms. The van der Waals surface area contributed by atoms with Crippen molar-refractivity contribution in [3.8, 4) is 0 Å². The molecule has 0 bridgehead atoms. The van der Waals surface area contributed by atoms with Crippen LogP contribution in [0.3, 0.4) is 0 Å². The van der Waals surface area contributed by atoms with Crippen LogP contribution in [0.1, 0.15) is 12.1 Å². The predicted octanol–water partition coefficient (Wildman–Crippen LogP) is 2.05. The molecule has 0 unspecified atom stereocenters. The van der Waals surface area contributed by atoms with Gasteiger partial charge in [0.15, 0.2) is 4.96 Å². The van der Waals surface area contributed by atoms with Crippen molar-refractivity contribution in [1.82, 2.24) is 14.3 Å². The average Bonchev–Trinajstić information content (AvgIpc) is 2.82. The number of fused-ring (bicyclic) bond motifs is 1. The van der Waals surface area contributed by atoms with Gasteiger partial charge in [-0.05, 0) is 5.92 Å². The van der Waals surface area contributed by atoms with E-state index in [0.717, 1.165) is 10.7 Å². The third-order valence-electron chi connectivity index (χ3n) is 3.30. The van der Waals surface area contributed by atoms with Crippen LogP contribution >= 0.6 is 11.3 Å². The van der Waals surface area contributed by atoms with Crippen LogP contribution in [0.5, 0.6) is 0 Å². The molecule has 3 rings (SSSR count). The molecule has 0 atom stereocenters. The molecule has 2 aromatic heterocycles. The molecule has 0 N–H and O–H groups in total. The third-order valence-corrected chi connectivity index (χ3v) is 4.07. The van der Waals surface area contributed by atoms with Crippen LogP contribution in [0, 0.1) is 5.92 Å². The molecule has 0 aromatic carbocycles. The van der Waals surface area contributed by atoms with Crippen molar-refractivity contribution in [1.29, 1.82) is 0 Å². The van der Waals surface area contributed by atoms with Crippen molar-refractivity contribution in [2.75, 3.05) is 13.1 Å². The quantitative estimate of drug-likeness (QED) is 0.862. The Balaban J connectivity index is 1.54. The molecular weight excluding hydrogens is 272 g/mol. The zero-order valence-electron chi connectivity index (χ0n) is 10.1. The number of rotatable bonds is 4. The minimum atomic E-state index is -2.28. The number of nitrogens with zero attached hydrogens (tertiary/aromatic N) is 3. The summed E-state index contributed by atoms with van der Waals surface area (Å²) in [5.74, 6) is -0.0780. The summed E-state index contributed by atoms with van der Waals surface area (Å²) in [4.78, 5) is 18.7. The first-order valence-electron chi connectivity index (χ1n) is 6.09. The first-order valence-corrected chi connectivity index (χ1v) is 6.97. The second kappa shape index (κ2) is 4.88. The Kier molecular flexibility index (Phi) is 3.22. The van der Waals surface area contributed by atoms with Gasteiger partial charge in [-0.25, -0.2) is 13.8 Å². The first kappa shape index (κ1) is 12.5. The van der Waals surface area contributed by atoms with Crippen molar-refractivity contribution in [2.45, 2.75) is 19.3 Å². The van der Waals surface area contributed by atoms with Crippen LogP contribution in [0.4, 0.5) is 8.78 Å². The molecule has 0 radical (unpaired) electrons. The van der Waals surface area contributed by atoms with Gasteiger partial charge in [0.1, 0.15) is 0 Å². The molecule has 1 aliphatic rings.